The lowest BCUT2D eigenvalue weighted by Gasteiger charge is -2.29. The van der Waals surface area contributed by atoms with Crippen molar-refractivity contribution in [2.45, 2.75) is 43.8 Å². The second kappa shape index (κ2) is 5.90. The van der Waals surface area contributed by atoms with Crippen LogP contribution < -0.4 is 5.32 Å². The molecule has 1 aliphatic rings. The summed E-state index contributed by atoms with van der Waals surface area (Å²) in [7, 11) is -2.20. The third-order valence-corrected chi connectivity index (χ3v) is 5.30. The Kier molecular flexibility index (Phi) is 4.42. The van der Waals surface area contributed by atoms with Crippen LogP contribution >= 0.6 is 0 Å². The Morgan fingerprint density at radius 3 is 2.75 bits per heavy atom. The maximum absolute atomic E-state index is 12.1. The Bertz CT molecular complexity index is 581. The lowest BCUT2D eigenvalue weighted by atomic mass is 9.86. The average Bonchev–Trinajstić information content (AvgIpc) is 2.78. The summed E-state index contributed by atoms with van der Waals surface area (Å²) in [6, 6.07) is 0.0750. The standard InChI is InChI=1S/C12H20N4O3S/c1-9-5-3-4-6-10(9)14-11(17)7-20(18,19)12-15-13-8-16(12)2/h8-10H,3-7H2,1-2H3,(H,14,17)/t9-,10+/m0/s1. The molecule has 1 fully saturated rings. The summed E-state index contributed by atoms with van der Waals surface area (Å²) in [6.07, 6.45) is 5.53. The zero-order valence-corrected chi connectivity index (χ0v) is 12.6. The molecule has 1 saturated carbocycles. The van der Waals surface area contributed by atoms with E-state index in [1.807, 2.05) is 0 Å². The van der Waals surface area contributed by atoms with Crippen LogP contribution in [0.3, 0.4) is 0 Å². The minimum atomic E-state index is -3.74. The first-order chi connectivity index (χ1) is 9.40. The number of aryl methyl sites for hydroxylation is 1. The van der Waals surface area contributed by atoms with Crippen LogP contribution in [0.25, 0.3) is 0 Å². The Labute approximate surface area is 118 Å². The lowest BCUT2D eigenvalue weighted by molar-refractivity contribution is -0.119. The minimum Gasteiger partial charge on any atom is -0.352 e. The highest BCUT2D eigenvalue weighted by molar-refractivity contribution is 7.91. The predicted molar refractivity (Wildman–Crippen MR) is 72.6 cm³/mol. The number of nitrogens with one attached hydrogen (secondary N) is 1. The summed E-state index contributed by atoms with van der Waals surface area (Å²) < 4.78 is 25.4. The molecule has 1 amide bonds. The molecule has 0 unspecified atom stereocenters. The van der Waals surface area contributed by atoms with Crippen LogP contribution in [-0.4, -0.2) is 40.9 Å². The third-order valence-electron chi connectivity index (χ3n) is 3.73. The molecule has 0 radical (unpaired) electrons. The molecular weight excluding hydrogens is 280 g/mol. The van der Waals surface area contributed by atoms with Gasteiger partial charge in [-0.25, -0.2) is 8.42 Å². The van der Waals surface area contributed by atoms with Gasteiger partial charge in [-0.15, -0.1) is 10.2 Å². The largest absolute Gasteiger partial charge is 0.352 e. The van der Waals surface area contributed by atoms with Gasteiger partial charge in [-0.3, -0.25) is 4.79 Å². The topological polar surface area (TPSA) is 93.9 Å². The summed E-state index contributed by atoms with van der Waals surface area (Å²) in [6.45, 7) is 2.08. The van der Waals surface area contributed by atoms with Gasteiger partial charge < -0.3 is 9.88 Å². The second-order valence-corrected chi connectivity index (χ2v) is 7.30. The van der Waals surface area contributed by atoms with Gasteiger partial charge in [-0.2, -0.15) is 0 Å². The molecule has 0 bridgehead atoms. The zero-order valence-electron chi connectivity index (χ0n) is 11.7. The zero-order chi connectivity index (χ0) is 14.8. The first kappa shape index (κ1) is 15.0. The lowest BCUT2D eigenvalue weighted by Crippen LogP contribution is -2.43. The number of carbonyl (C=O) groups is 1. The molecule has 20 heavy (non-hydrogen) atoms. The molecule has 2 atom stereocenters. The first-order valence-corrected chi connectivity index (χ1v) is 8.41. The van der Waals surface area contributed by atoms with Crippen molar-refractivity contribution < 1.29 is 13.2 Å². The summed E-state index contributed by atoms with van der Waals surface area (Å²) in [5.74, 6) is -0.653. The highest BCUT2D eigenvalue weighted by atomic mass is 32.2. The van der Waals surface area contributed by atoms with Crippen LogP contribution in [0, 0.1) is 5.92 Å². The second-order valence-electron chi connectivity index (χ2n) is 5.42. The quantitative estimate of drug-likeness (QED) is 0.862. The Balaban J connectivity index is 1.99. The van der Waals surface area contributed by atoms with Gasteiger partial charge in [0.1, 0.15) is 12.1 Å². The monoisotopic (exact) mass is 300 g/mol. The van der Waals surface area contributed by atoms with Crippen LogP contribution in [0.1, 0.15) is 32.6 Å². The molecule has 2 rings (SSSR count). The minimum absolute atomic E-state index is 0.0750. The molecule has 1 heterocycles. The normalized spacial score (nSPS) is 23.5. The average molecular weight is 300 g/mol. The molecular formula is C12H20N4O3S. The van der Waals surface area contributed by atoms with E-state index in [2.05, 4.69) is 22.4 Å². The molecule has 1 N–H and O–H groups in total. The van der Waals surface area contributed by atoms with E-state index >= 15 is 0 Å². The van der Waals surface area contributed by atoms with Gasteiger partial charge >= 0.3 is 0 Å². The van der Waals surface area contributed by atoms with Crippen LogP contribution in [0.4, 0.5) is 0 Å². The van der Waals surface area contributed by atoms with Crippen molar-refractivity contribution in [2.75, 3.05) is 5.75 Å². The number of sulfone groups is 1. The molecule has 8 heteroatoms. The van der Waals surface area contributed by atoms with E-state index in [4.69, 9.17) is 0 Å². The van der Waals surface area contributed by atoms with Crippen molar-refractivity contribution in [2.24, 2.45) is 13.0 Å². The SMILES string of the molecule is C[C@H]1CCCC[C@H]1NC(=O)CS(=O)(=O)c1nncn1C. The van der Waals surface area contributed by atoms with Gasteiger partial charge in [0.2, 0.25) is 20.9 Å². The van der Waals surface area contributed by atoms with Crippen LogP contribution in [0.2, 0.25) is 0 Å². The smallest absolute Gasteiger partial charge is 0.249 e. The number of amides is 1. The Morgan fingerprint density at radius 1 is 1.45 bits per heavy atom. The van der Waals surface area contributed by atoms with Crippen molar-refractivity contribution >= 4 is 15.7 Å². The van der Waals surface area contributed by atoms with Gasteiger partial charge in [-0.05, 0) is 18.8 Å². The van der Waals surface area contributed by atoms with E-state index in [9.17, 15) is 13.2 Å². The summed E-state index contributed by atoms with van der Waals surface area (Å²) in [4.78, 5) is 11.9. The molecule has 0 saturated heterocycles. The number of rotatable bonds is 4. The number of hydrogen-bond donors (Lipinski definition) is 1. The van der Waals surface area contributed by atoms with Gasteiger partial charge in [0.15, 0.2) is 0 Å². The van der Waals surface area contributed by atoms with Gasteiger partial charge in [-0.1, -0.05) is 19.8 Å². The van der Waals surface area contributed by atoms with Gasteiger partial charge in [0.25, 0.3) is 0 Å². The van der Waals surface area contributed by atoms with E-state index in [-0.39, 0.29) is 11.2 Å². The maximum atomic E-state index is 12.1. The van der Waals surface area contributed by atoms with E-state index in [0.29, 0.717) is 5.92 Å². The fourth-order valence-electron chi connectivity index (χ4n) is 2.57. The molecule has 1 aromatic rings. The fourth-order valence-corrected chi connectivity index (χ4v) is 3.79. The number of carbonyl (C=O) groups excluding carboxylic acids is 1. The molecule has 0 spiro atoms. The van der Waals surface area contributed by atoms with Crippen molar-refractivity contribution in [3.05, 3.63) is 6.33 Å². The molecule has 1 aromatic heterocycles. The number of nitrogens with zero attached hydrogens (tertiary/aromatic N) is 3. The van der Waals surface area contributed by atoms with E-state index in [0.717, 1.165) is 19.3 Å². The first-order valence-electron chi connectivity index (χ1n) is 6.76. The number of aromatic nitrogens is 3. The summed E-state index contributed by atoms with van der Waals surface area (Å²) in [5, 5.41) is 9.73. The Morgan fingerprint density at radius 2 is 2.15 bits per heavy atom. The molecule has 112 valence electrons. The Hall–Kier alpha value is -1.44. The predicted octanol–water partition coefficient (Wildman–Crippen LogP) is 0.284. The highest BCUT2D eigenvalue weighted by Crippen LogP contribution is 2.23. The van der Waals surface area contributed by atoms with E-state index < -0.39 is 21.5 Å². The summed E-state index contributed by atoms with van der Waals surface area (Å²) >= 11 is 0. The van der Waals surface area contributed by atoms with Gasteiger partial charge in [0, 0.05) is 13.1 Å². The van der Waals surface area contributed by atoms with Crippen molar-refractivity contribution in [3.63, 3.8) is 0 Å². The fraction of sp³-hybridized carbons (Fsp3) is 0.750. The molecule has 7 nitrogen and oxygen atoms in total. The van der Waals surface area contributed by atoms with E-state index in [1.54, 1.807) is 0 Å². The third kappa shape index (κ3) is 3.36. The maximum Gasteiger partial charge on any atom is 0.249 e. The number of hydrogen-bond acceptors (Lipinski definition) is 5. The van der Waals surface area contributed by atoms with Crippen molar-refractivity contribution in [1.29, 1.82) is 0 Å². The van der Waals surface area contributed by atoms with Crippen LogP contribution in [-0.2, 0) is 21.7 Å². The summed E-state index contributed by atoms with van der Waals surface area (Å²) in [5.41, 5.74) is 0. The van der Waals surface area contributed by atoms with Gasteiger partial charge in [0.05, 0.1) is 0 Å². The molecule has 0 aliphatic heterocycles. The molecule has 1 aliphatic carbocycles. The highest BCUT2D eigenvalue weighted by Gasteiger charge is 2.28. The molecule has 0 aromatic carbocycles. The van der Waals surface area contributed by atoms with Crippen molar-refractivity contribution in [1.82, 2.24) is 20.1 Å². The van der Waals surface area contributed by atoms with Crippen LogP contribution in [0.15, 0.2) is 11.5 Å². The van der Waals surface area contributed by atoms with Crippen molar-refractivity contribution in [3.8, 4) is 0 Å². The van der Waals surface area contributed by atoms with Crippen LogP contribution in [0.5, 0.6) is 0 Å². The van der Waals surface area contributed by atoms with E-state index in [1.165, 1.54) is 24.4 Å².